The first-order valence-electron chi connectivity index (χ1n) is 13.3. The van der Waals surface area contributed by atoms with Gasteiger partial charge in [-0.25, -0.2) is 0 Å². The minimum Gasteiger partial charge on any atom is -0.334 e. The molecule has 1 heterocycles. The molecule has 1 aliphatic heterocycles. The van der Waals surface area contributed by atoms with Crippen molar-refractivity contribution in [3.8, 4) is 22.3 Å². The minimum absolute atomic E-state index is 0.0887. The van der Waals surface area contributed by atoms with Crippen LogP contribution in [0, 0.1) is 0 Å². The van der Waals surface area contributed by atoms with Gasteiger partial charge in [-0.3, -0.25) is 0 Å². The molecule has 2 unspecified atom stereocenters. The number of anilines is 2. The molecule has 1 saturated carbocycles. The molecule has 2 atom stereocenters. The zero-order valence-corrected chi connectivity index (χ0v) is 20.9. The molecule has 1 nitrogen and oxygen atoms in total. The molecule has 7 rings (SSSR count). The monoisotopic (exact) mass is 455 g/mol. The van der Waals surface area contributed by atoms with Crippen LogP contribution in [0.5, 0.6) is 0 Å². The summed E-state index contributed by atoms with van der Waals surface area (Å²) >= 11 is 0. The average molecular weight is 456 g/mol. The first-order valence-corrected chi connectivity index (χ1v) is 13.3. The second-order valence-corrected chi connectivity index (χ2v) is 11.3. The van der Waals surface area contributed by atoms with Gasteiger partial charge in [0.1, 0.15) is 0 Å². The molecule has 0 radical (unpaired) electrons. The van der Waals surface area contributed by atoms with Crippen molar-refractivity contribution < 1.29 is 0 Å². The molecule has 0 N–H and O–H groups in total. The van der Waals surface area contributed by atoms with Crippen LogP contribution in [0.15, 0.2) is 91.0 Å². The van der Waals surface area contributed by atoms with Crippen LogP contribution in [0.1, 0.15) is 62.6 Å². The Morgan fingerprint density at radius 2 is 1.34 bits per heavy atom. The van der Waals surface area contributed by atoms with Gasteiger partial charge in [0.05, 0.1) is 5.54 Å². The molecule has 4 aromatic carbocycles. The first kappa shape index (κ1) is 21.0. The lowest BCUT2D eigenvalue weighted by molar-refractivity contribution is 0.261. The van der Waals surface area contributed by atoms with Crippen molar-refractivity contribution >= 4 is 11.4 Å². The molecule has 0 bridgehead atoms. The molecule has 0 spiro atoms. The standard InChI is InChI=1S/C34H33N/c1-33-19-9-4-10-20-34(33,2)35(28-12-5-3-6-13-28)32-18-16-25(23-31(32)33)24-15-17-30-27(21-24)22-26-11-7-8-14-29(26)30/h3,5-8,11-18,21,23H,4,9-10,19-20,22H2,1-2H3. The van der Waals surface area contributed by atoms with Crippen molar-refractivity contribution in [3.05, 3.63) is 108 Å². The zero-order chi connectivity index (χ0) is 23.6. The molecular formula is C34H33N. The highest BCUT2D eigenvalue weighted by Gasteiger charge is 2.56. The highest BCUT2D eigenvalue weighted by atomic mass is 15.2. The lowest BCUT2D eigenvalue weighted by atomic mass is 9.66. The molecule has 0 saturated heterocycles. The first-order chi connectivity index (χ1) is 17.1. The summed E-state index contributed by atoms with van der Waals surface area (Å²) in [6.07, 6.45) is 7.50. The Morgan fingerprint density at radius 3 is 2.23 bits per heavy atom. The fourth-order valence-electron chi connectivity index (χ4n) is 7.40. The number of benzene rings is 4. The van der Waals surface area contributed by atoms with Crippen molar-refractivity contribution in [1.29, 1.82) is 0 Å². The SMILES string of the molecule is CC12CCCCCC1(C)N(c1ccccc1)c1ccc(-c3ccc4c(c3)Cc3ccccc3-4)cc12. The van der Waals surface area contributed by atoms with E-state index >= 15 is 0 Å². The number of hydrogen-bond acceptors (Lipinski definition) is 1. The Bertz CT molecular complexity index is 1430. The summed E-state index contributed by atoms with van der Waals surface area (Å²) in [5.41, 5.74) is 12.9. The smallest absolute Gasteiger partial charge is 0.0517 e. The van der Waals surface area contributed by atoms with Gasteiger partial charge in [-0.2, -0.15) is 0 Å². The fraction of sp³-hybridized carbons (Fsp3) is 0.294. The van der Waals surface area contributed by atoms with Crippen LogP contribution >= 0.6 is 0 Å². The van der Waals surface area contributed by atoms with Gasteiger partial charge in [-0.15, -0.1) is 0 Å². The molecule has 1 fully saturated rings. The molecule has 1 heteroatoms. The second-order valence-electron chi connectivity index (χ2n) is 11.3. The molecule has 0 amide bonds. The second kappa shape index (κ2) is 7.59. The van der Waals surface area contributed by atoms with E-state index in [1.807, 2.05) is 0 Å². The molecule has 35 heavy (non-hydrogen) atoms. The highest BCUT2D eigenvalue weighted by Crippen LogP contribution is 2.60. The lowest BCUT2D eigenvalue weighted by Crippen LogP contribution is -2.52. The van der Waals surface area contributed by atoms with E-state index in [0.717, 1.165) is 6.42 Å². The summed E-state index contributed by atoms with van der Waals surface area (Å²) in [6, 6.07) is 34.4. The topological polar surface area (TPSA) is 3.24 Å². The van der Waals surface area contributed by atoms with Crippen LogP contribution in [0.3, 0.4) is 0 Å². The number of nitrogens with zero attached hydrogens (tertiary/aromatic N) is 1. The number of rotatable bonds is 2. The Kier molecular flexibility index (Phi) is 4.55. The van der Waals surface area contributed by atoms with Crippen molar-refractivity contribution in [2.24, 2.45) is 0 Å². The van der Waals surface area contributed by atoms with Gasteiger partial charge >= 0.3 is 0 Å². The van der Waals surface area contributed by atoms with Crippen molar-refractivity contribution in [1.82, 2.24) is 0 Å². The van der Waals surface area contributed by atoms with Crippen LogP contribution in [-0.2, 0) is 11.8 Å². The minimum atomic E-state index is 0.0887. The summed E-state index contributed by atoms with van der Waals surface area (Å²) in [6.45, 7) is 5.07. The Morgan fingerprint density at radius 1 is 0.629 bits per heavy atom. The largest absolute Gasteiger partial charge is 0.334 e. The quantitative estimate of drug-likeness (QED) is 0.257. The van der Waals surface area contributed by atoms with E-state index in [1.165, 1.54) is 82.4 Å². The highest BCUT2D eigenvalue weighted by molar-refractivity contribution is 5.83. The third kappa shape index (κ3) is 2.94. The zero-order valence-electron chi connectivity index (χ0n) is 20.9. The predicted molar refractivity (Wildman–Crippen MR) is 148 cm³/mol. The maximum atomic E-state index is 2.68. The molecular weight excluding hydrogens is 422 g/mol. The summed E-state index contributed by atoms with van der Waals surface area (Å²) in [5.74, 6) is 0. The average Bonchev–Trinajstić information content (AvgIpc) is 3.28. The molecule has 2 aliphatic carbocycles. The fourth-order valence-corrected chi connectivity index (χ4v) is 7.40. The molecule has 3 aliphatic rings. The third-order valence-electron chi connectivity index (χ3n) is 9.50. The lowest BCUT2D eigenvalue weighted by Gasteiger charge is -2.46. The van der Waals surface area contributed by atoms with E-state index in [9.17, 15) is 0 Å². The van der Waals surface area contributed by atoms with Crippen molar-refractivity contribution in [2.75, 3.05) is 4.90 Å². The Hall–Kier alpha value is -3.32. The van der Waals surface area contributed by atoms with Crippen LogP contribution < -0.4 is 4.90 Å². The number of fused-ring (bicyclic) bond motifs is 6. The van der Waals surface area contributed by atoms with Gasteiger partial charge in [0.15, 0.2) is 0 Å². The summed E-state index contributed by atoms with van der Waals surface area (Å²) in [4.78, 5) is 2.68. The van der Waals surface area contributed by atoms with E-state index in [0.29, 0.717) is 0 Å². The number of hydrogen-bond donors (Lipinski definition) is 0. The van der Waals surface area contributed by atoms with E-state index in [4.69, 9.17) is 0 Å². The molecule has 174 valence electrons. The van der Waals surface area contributed by atoms with Crippen LogP contribution in [0.25, 0.3) is 22.3 Å². The van der Waals surface area contributed by atoms with Gasteiger partial charge in [0.25, 0.3) is 0 Å². The Balaban J connectivity index is 1.36. The van der Waals surface area contributed by atoms with Crippen LogP contribution in [-0.4, -0.2) is 5.54 Å². The van der Waals surface area contributed by atoms with Crippen LogP contribution in [0.4, 0.5) is 11.4 Å². The van der Waals surface area contributed by atoms with E-state index in [1.54, 1.807) is 0 Å². The van der Waals surface area contributed by atoms with Gasteiger partial charge in [-0.1, -0.05) is 92.9 Å². The summed E-state index contributed by atoms with van der Waals surface area (Å²) in [7, 11) is 0. The van der Waals surface area contributed by atoms with Gasteiger partial charge < -0.3 is 4.90 Å². The van der Waals surface area contributed by atoms with Gasteiger partial charge in [0, 0.05) is 16.8 Å². The van der Waals surface area contributed by atoms with Crippen LogP contribution in [0.2, 0.25) is 0 Å². The molecule has 4 aromatic rings. The van der Waals surface area contributed by atoms with Gasteiger partial charge in [0.2, 0.25) is 0 Å². The summed E-state index contributed by atoms with van der Waals surface area (Å²) < 4.78 is 0. The maximum absolute atomic E-state index is 2.68. The molecule has 0 aromatic heterocycles. The Labute approximate surface area is 209 Å². The number of para-hydroxylation sites is 1. The summed E-state index contributed by atoms with van der Waals surface area (Å²) in [5, 5.41) is 0. The van der Waals surface area contributed by atoms with E-state index in [2.05, 4.69) is 110 Å². The van der Waals surface area contributed by atoms with E-state index < -0.39 is 0 Å². The van der Waals surface area contributed by atoms with Crippen molar-refractivity contribution in [3.63, 3.8) is 0 Å². The third-order valence-corrected chi connectivity index (χ3v) is 9.50. The normalized spacial score (nSPS) is 24.3. The predicted octanol–water partition coefficient (Wildman–Crippen LogP) is 9.06. The maximum Gasteiger partial charge on any atom is 0.0517 e. The van der Waals surface area contributed by atoms with Gasteiger partial charge in [-0.05, 0) is 89.4 Å². The van der Waals surface area contributed by atoms with Crippen molar-refractivity contribution in [2.45, 2.75) is 63.3 Å². The van der Waals surface area contributed by atoms with E-state index in [-0.39, 0.29) is 11.0 Å².